The van der Waals surface area contributed by atoms with Crippen LogP contribution in [0, 0.1) is 17.8 Å². The molecule has 2 nitrogen and oxygen atoms in total. The molecule has 1 aromatic rings. The summed E-state index contributed by atoms with van der Waals surface area (Å²) >= 11 is 0. The first-order valence-corrected chi connectivity index (χ1v) is 7.18. The summed E-state index contributed by atoms with van der Waals surface area (Å²) in [5.74, 6) is 3.64. The van der Waals surface area contributed by atoms with Crippen molar-refractivity contribution in [3.8, 4) is 5.75 Å². The van der Waals surface area contributed by atoms with E-state index in [4.69, 9.17) is 9.84 Å². The molecule has 0 heterocycles. The Bertz CT molecular complexity index is 402. The Morgan fingerprint density at radius 1 is 1.17 bits per heavy atom. The predicted molar refractivity (Wildman–Crippen MR) is 71.7 cm³/mol. The van der Waals surface area contributed by atoms with Crippen LogP contribution >= 0.6 is 0 Å². The molecule has 0 aliphatic heterocycles. The highest BCUT2D eigenvalue weighted by atomic mass is 16.5. The lowest BCUT2D eigenvalue weighted by Gasteiger charge is -2.22. The van der Waals surface area contributed by atoms with Crippen molar-refractivity contribution in [3.05, 3.63) is 29.8 Å². The summed E-state index contributed by atoms with van der Waals surface area (Å²) in [6.07, 6.45) is 6.35. The minimum absolute atomic E-state index is 0.189. The number of benzene rings is 1. The van der Waals surface area contributed by atoms with Gasteiger partial charge in [-0.3, -0.25) is 0 Å². The van der Waals surface area contributed by atoms with Gasteiger partial charge in [-0.25, -0.2) is 0 Å². The number of hydrogen-bond donors (Lipinski definition) is 1. The first-order chi connectivity index (χ1) is 8.86. The normalized spacial score (nSPS) is 29.7. The van der Waals surface area contributed by atoms with E-state index < -0.39 is 0 Å². The van der Waals surface area contributed by atoms with Crippen LogP contribution in [0.1, 0.15) is 31.2 Å². The third kappa shape index (κ3) is 2.39. The fourth-order valence-corrected chi connectivity index (χ4v) is 3.75. The number of para-hydroxylation sites is 1. The van der Waals surface area contributed by atoms with Crippen LogP contribution in [0.4, 0.5) is 0 Å². The van der Waals surface area contributed by atoms with Crippen LogP contribution in [-0.2, 0) is 6.42 Å². The van der Waals surface area contributed by atoms with Gasteiger partial charge in [0.2, 0.25) is 0 Å². The van der Waals surface area contributed by atoms with Gasteiger partial charge in [0.15, 0.2) is 0 Å². The van der Waals surface area contributed by atoms with Crippen molar-refractivity contribution in [1.29, 1.82) is 0 Å². The molecular weight excluding hydrogens is 224 g/mol. The lowest BCUT2D eigenvalue weighted by molar-refractivity contribution is 0.193. The maximum Gasteiger partial charge on any atom is 0.122 e. The van der Waals surface area contributed by atoms with Gasteiger partial charge < -0.3 is 9.84 Å². The molecule has 0 spiro atoms. The molecule has 0 amide bonds. The van der Waals surface area contributed by atoms with E-state index in [1.54, 1.807) is 0 Å². The van der Waals surface area contributed by atoms with Crippen LogP contribution < -0.4 is 4.74 Å². The second-order valence-corrected chi connectivity index (χ2v) is 5.83. The largest absolute Gasteiger partial charge is 0.493 e. The van der Waals surface area contributed by atoms with E-state index in [0.717, 1.165) is 35.7 Å². The van der Waals surface area contributed by atoms with Crippen molar-refractivity contribution < 1.29 is 9.84 Å². The van der Waals surface area contributed by atoms with Crippen molar-refractivity contribution in [2.45, 2.75) is 32.1 Å². The number of aliphatic hydroxyl groups is 1. The molecule has 3 rings (SSSR count). The molecule has 2 heteroatoms. The zero-order valence-electron chi connectivity index (χ0n) is 10.8. The van der Waals surface area contributed by atoms with Gasteiger partial charge in [0.05, 0.1) is 6.61 Å². The van der Waals surface area contributed by atoms with Gasteiger partial charge in [-0.2, -0.15) is 0 Å². The van der Waals surface area contributed by atoms with Crippen molar-refractivity contribution in [1.82, 2.24) is 0 Å². The minimum Gasteiger partial charge on any atom is -0.493 e. The van der Waals surface area contributed by atoms with Gasteiger partial charge in [0.25, 0.3) is 0 Å². The van der Waals surface area contributed by atoms with Crippen LogP contribution in [0.2, 0.25) is 0 Å². The van der Waals surface area contributed by atoms with Gasteiger partial charge in [0, 0.05) is 6.61 Å². The molecule has 1 aromatic carbocycles. The monoisotopic (exact) mass is 246 g/mol. The van der Waals surface area contributed by atoms with E-state index in [2.05, 4.69) is 0 Å². The van der Waals surface area contributed by atoms with Gasteiger partial charge in [-0.15, -0.1) is 0 Å². The molecule has 2 saturated carbocycles. The average molecular weight is 246 g/mol. The van der Waals surface area contributed by atoms with E-state index in [9.17, 15) is 0 Å². The molecule has 0 radical (unpaired) electrons. The minimum atomic E-state index is 0.189. The molecule has 0 saturated heterocycles. The standard InChI is InChI=1S/C16H22O2/c17-8-7-13-3-1-2-4-16(13)18-11-15-10-12-5-6-14(15)9-12/h1-4,12,14-15,17H,5-11H2. The number of aliphatic hydroxyl groups excluding tert-OH is 1. The van der Waals surface area contributed by atoms with Crippen LogP contribution in [0.3, 0.4) is 0 Å². The first-order valence-electron chi connectivity index (χ1n) is 7.18. The summed E-state index contributed by atoms with van der Waals surface area (Å²) in [6.45, 7) is 1.05. The summed E-state index contributed by atoms with van der Waals surface area (Å²) in [5.41, 5.74) is 1.13. The molecule has 3 atom stereocenters. The lowest BCUT2D eigenvalue weighted by Crippen LogP contribution is -2.19. The summed E-state index contributed by atoms with van der Waals surface area (Å²) < 4.78 is 6.02. The van der Waals surface area contributed by atoms with E-state index in [1.165, 1.54) is 25.7 Å². The Labute approximate surface area is 109 Å². The van der Waals surface area contributed by atoms with Crippen molar-refractivity contribution in [2.75, 3.05) is 13.2 Å². The molecule has 2 aliphatic carbocycles. The average Bonchev–Trinajstić information content (AvgIpc) is 3.00. The van der Waals surface area contributed by atoms with Crippen LogP contribution in [-0.4, -0.2) is 18.3 Å². The highest BCUT2D eigenvalue weighted by Crippen LogP contribution is 2.48. The number of ether oxygens (including phenoxy) is 1. The zero-order valence-corrected chi connectivity index (χ0v) is 10.8. The molecule has 2 aliphatic rings. The second kappa shape index (κ2) is 5.31. The summed E-state index contributed by atoms with van der Waals surface area (Å²) in [6, 6.07) is 8.09. The van der Waals surface area contributed by atoms with E-state index >= 15 is 0 Å². The maximum absolute atomic E-state index is 9.05. The van der Waals surface area contributed by atoms with Crippen LogP contribution in [0.5, 0.6) is 5.75 Å². The quantitative estimate of drug-likeness (QED) is 0.865. The van der Waals surface area contributed by atoms with Crippen LogP contribution in [0.25, 0.3) is 0 Å². The number of rotatable bonds is 5. The van der Waals surface area contributed by atoms with E-state index in [0.29, 0.717) is 6.42 Å². The highest BCUT2D eigenvalue weighted by Gasteiger charge is 2.39. The maximum atomic E-state index is 9.05. The fourth-order valence-electron chi connectivity index (χ4n) is 3.75. The van der Waals surface area contributed by atoms with Gasteiger partial charge in [-0.05, 0) is 55.1 Å². The Kier molecular flexibility index (Phi) is 3.55. The van der Waals surface area contributed by atoms with Gasteiger partial charge in [-0.1, -0.05) is 24.6 Å². The first kappa shape index (κ1) is 12.0. The van der Waals surface area contributed by atoms with E-state index in [-0.39, 0.29) is 6.61 Å². The fraction of sp³-hybridized carbons (Fsp3) is 0.625. The second-order valence-electron chi connectivity index (χ2n) is 5.83. The summed E-state index contributed by atoms with van der Waals surface area (Å²) in [4.78, 5) is 0. The van der Waals surface area contributed by atoms with Crippen molar-refractivity contribution in [3.63, 3.8) is 0 Å². The van der Waals surface area contributed by atoms with Crippen LogP contribution in [0.15, 0.2) is 24.3 Å². The predicted octanol–water partition coefficient (Wildman–Crippen LogP) is 3.04. The molecule has 2 fully saturated rings. The third-order valence-corrected chi connectivity index (χ3v) is 4.69. The number of fused-ring (bicyclic) bond motifs is 2. The summed E-state index contributed by atoms with van der Waals surface area (Å²) in [7, 11) is 0. The molecule has 18 heavy (non-hydrogen) atoms. The lowest BCUT2D eigenvalue weighted by atomic mass is 9.89. The Morgan fingerprint density at radius 2 is 2.06 bits per heavy atom. The third-order valence-electron chi connectivity index (χ3n) is 4.69. The van der Waals surface area contributed by atoms with Crippen molar-refractivity contribution >= 4 is 0 Å². The molecular formula is C16H22O2. The number of hydrogen-bond acceptors (Lipinski definition) is 2. The van der Waals surface area contributed by atoms with Gasteiger partial charge in [0.1, 0.15) is 5.75 Å². The Hall–Kier alpha value is -1.02. The molecule has 3 unspecified atom stereocenters. The SMILES string of the molecule is OCCc1ccccc1OCC1CC2CCC1C2. The smallest absolute Gasteiger partial charge is 0.122 e. The van der Waals surface area contributed by atoms with Gasteiger partial charge >= 0.3 is 0 Å². The zero-order chi connectivity index (χ0) is 12.4. The van der Waals surface area contributed by atoms with Crippen molar-refractivity contribution in [2.24, 2.45) is 17.8 Å². The Balaban J connectivity index is 1.59. The summed E-state index contributed by atoms with van der Waals surface area (Å²) in [5, 5.41) is 9.05. The molecule has 1 N–H and O–H groups in total. The molecule has 2 bridgehead atoms. The van der Waals surface area contributed by atoms with E-state index in [1.807, 2.05) is 24.3 Å². The highest BCUT2D eigenvalue weighted by molar-refractivity contribution is 5.33. The molecule has 0 aromatic heterocycles. The molecule has 98 valence electrons. The Morgan fingerprint density at radius 3 is 2.78 bits per heavy atom. The topological polar surface area (TPSA) is 29.5 Å².